The highest BCUT2D eigenvalue weighted by molar-refractivity contribution is 6.33. The molecule has 0 bridgehead atoms. The number of halogens is 1. The number of nitrogens with one attached hydrogen (secondary N) is 1. The van der Waals surface area contributed by atoms with Crippen LogP contribution in [0.4, 0.5) is 5.69 Å². The van der Waals surface area contributed by atoms with Gasteiger partial charge in [0, 0.05) is 5.69 Å². The predicted octanol–water partition coefficient (Wildman–Crippen LogP) is 3.75. The van der Waals surface area contributed by atoms with Crippen molar-refractivity contribution in [1.29, 1.82) is 0 Å². The van der Waals surface area contributed by atoms with E-state index in [1.807, 2.05) is 32.0 Å². The predicted molar refractivity (Wildman–Crippen MR) is 86.3 cm³/mol. The molecule has 5 heteroatoms. The van der Waals surface area contributed by atoms with Crippen molar-refractivity contribution < 1.29 is 14.3 Å². The van der Waals surface area contributed by atoms with Gasteiger partial charge in [-0.15, -0.1) is 0 Å². The van der Waals surface area contributed by atoms with Crippen LogP contribution in [0.3, 0.4) is 0 Å². The molecule has 0 spiro atoms. The first-order chi connectivity index (χ1) is 10.5. The summed E-state index contributed by atoms with van der Waals surface area (Å²) in [5.41, 5.74) is 3.00. The number of aryl methyl sites for hydroxylation is 2. The van der Waals surface area contributed by atoms with E-state index in [-0.39, 0.29) is 12.2 Å². The van der Waals surface area contributed by atoms with E-state index in [2.05, 4.69) is 5.32 Å². The Morgan fingerprint density at radius 2 is 1.86 bits per heavy atom. The van der Waals surface area contributed by atoms with Crippen LogP contribution in [0.25, 0.3) is 0 Å². The fraction of sp³-hybridized carbons (Fsp3) is 0.176. The molecule has 0 fully saturated rings. The number of ether oxygens (including phenoxy) is 1. The lowest BCUT2D eigenvalue weighted by molar-refractivity contribution is -0.119. The van der Waals surface area contributed by atoms with E-state index < -0.39 is 11.9 Å². The van der Waals surface area contributed by atoms with Crippen LogP contribution in [0.1, 0.15) is 21.5 Å². The van der Waals surface area contributed by atoms with Gasteiger partial charge >= 0.3 is 5.97 Å². The van der Waals surface area contributed by atoms with Gasteiger partial charge in [-0.25, -0.2) is 4.79 Å². The molecule has 0 aliphatic heterocycles. The Hall–Kier alpha value is -2.33. The number of benzene rings is 2. The Bertz CT molecular complexity index is 713. The highest BCUT2D eigenvalue weighted by atomic mass is 35.5. The minimum absolute atomic E-state index is 0.239. The van der Waals surface area contributed by atoms with Gasteiger partial charge in [0.25, 0.3) is 5.91 Å². The molecule has 22 heavy (non-hydrogen) atoms. The second kappa shape index (κ2) is 7.09. The molecule has 0 aliphatic rings. The summed E-state index contributed by atoms with van der Waals surface area (Å²) in [7, 11) is 0. The number of carbonyl (C=O) groups is 2. The van der Waals surface area contributed by atoms with Crippen molar-refractivity contribution in [2.45, 2.75) is 13.8 Å². The zero-order chi connectivity index (χ0) is 16.1. The van der Waals surface area contributed by atoms with Crippen molar-refractivity contribution in [2.24, 2.45) is 0 Å². The first kappa shape index (κ1) is 16.0. The van der Waals surface area contributed by atoms with Gasteiger partial charge in [0.05, 0.1) is 10.6 Å². The molecule has 114 valence electrons. The number of hydrogen-bond donors (Lipinski definition) is 1. The standard InChI is InChI=1S/C17H16ClNO3/c1-11-7-8-15(12(2)9-11)19-16(20)10-22-17(21)13-5-3-4-6-14(13)18/h3-9H,10H2,1-2H3,(H,19,20). The van der Waals surface area contributed by atoms with E-state index in [0.717, 1.165) is 11.1 Å². The molecule has 0 atom stereocenters. The number of amides is 1. The van der Waals surface area contributed by atoms with E-state index in [9.17, 15) is 9.59 Å². The largest absolute Gasteiger partial charge is 0.452 e. The van der Waals surface area contributed by atoms with Gasteiger partial charge in [-0.05, 0) is 37.6 Å². The van der Waals surface area contributed by atoms with Gasteiger partial charge in [0.15, 0.2) is 6.61 Å². The summed E-state index contributed by atoms with van der Waals surface area (Å²) in [4.78, 5) is 23.7. The second-order valence-electron chi connectivity index (χ2n) is 4.92. The number of esters is 1. The lowest BCUT2D eigenvalue weighted by Gasteiger charge is -2.10. The summed E-state index contributed by atoms with van der Waals surface area (Å²) in [6, 6.07) is 12.2. The molecule has 0 aromatic heterocycles. The quantitative estimate of drug-likeness (QED) is 0.874. The van der Waals surface area contributed by atoms with Gasteiger partial charge < -0.3 is 10.1 Å². The Labute approximate surface area is 134 Å². The molecule has 1 amide bonds. The smallest absolute Gasteiger partial charge is 0.340 e. The maximum atomic E-state index is 11.8. The SMILES string of the molecule is Cc1ccc(NC(=O)COC(=O)c2ccccc2Cl)c(C)c1. The molecule has 2 rings (SSSR count). The van der Waals surface area contributed by atoms with E-state index >= 15 is 0 Å². The summed E-state index contributed by atoms with van der Waals surface area (Å²) >= 11 is 5.90. The topological polar surface area (TPSA) is 55.4 Å². The highest BCUT2D eigenvalue weighted by Gasteiger charge is 2.13. The van der Waals surface area contributed by atoms with Crippen LogP contribution >= 0.6 is 11.6 Å². The molecule has 0 unspecified atom stereocenters. The summed E-state index contributed by atoms with van der Waals surface area (Å²) in [6.07, 6.45) is 0. The van der Waals surface area contributed by atoms with Crippen molar-refractivity contribution in [3.8, 4) is 0 Å². The fourth-order valence-electron chi connectivity index (χ4n) is 1.98. The number of anilines is 1. The average molecular weight is 318 g/mol. The van der Waals surface area contributed by atoms with Crippen molar-refractivity contribution in [3.05, 3.63) is 64.2 Å². The van der Waals surface area contributed by atoms with Crippen molar-refractivity contribution in [3.63, 3.8) is 0 Å². The second-order valence-corrected chi connectivity index (χ2v) is 5.33. The molecule has 0 saturated carbocycles. The number of carbonyl (C=O) groups excluding carboxylic acids is 2. The molecule has 2 aromatic carbocycles. The zero-order valence-corrected chi connectivity index (χ0v) is 13.1. The molecule has 1 N–H and O–H groups in total. The van der Waals surface area contributed by atoms with Crippen LogP contribution in [0.15, 0.2) is 42.5 Å². The summed E-state index contributed by atoms with van der Waals surface area (Å²) < 4.78 is 4.97. The average Bonchev–Trinajstić information content (AvgIpc) is 2.48. The van der Waals surface area contributed by atoms with E-state index in [0.29, 0.717) is 10.7 Å². The lowest BCUT2D eigenvalue weighted by Crippen LogP contribution is -2.21. The van der Waals surface area contributed by atoms with Crippen molar-refractivity contribution in [2.75, 3.05) is 11.9 Å². The zero-order valence-electron chi connectivity index (χ0n) is 12.4. The maximum Gasteiger partial charge on any atom is 0.340 e. The highest BCUT2D eigenvalue weighted by Crippen LogP contribution is 2.17. The van der Waals surface area contributed by atoms with Gasteiger partial charge in [-0.1, -0.05) is 41.4 Å². The summed E-state index contributed by atoms with van der Waals surface area (Å²) in [5, 5.41) is 3.00. The number of hydrogen-bond acceptors (Lipinski definition) is 3. The lowest BCUT2D eigenvalue weighted by atomic mass is 10.1. The molecule has 0 radical (unpaired) electrons. The Morgan fingerprint density at radius 3 is 2.55 bits per heavy atom. The normalized spacial score (nSPS) is 10.1. The van der Waals surface area contributed by atoms with E-state index in [4.69, 9.17) is 16.3 Å². The van der Waals surface area contributed by atoms with Crippen LogP contribution in [0.5, 0.6) is 0 Å². The Kier molecular flexibility index (Phi) is 5.17. The Balaban J connectivity index is 1.93. The molecule has 4 nitrogen and oxygen atoms in total. The molecule has 2 aromatic rings. The fourth-order valence-corrected chi connectivity index (χ4v) is 2.19. The van der Waals surface area contributed by atoms with Crippen molar-refractivity contribution in [1.82, 2.24) is 0 Å². The number of rotatable bonds is 4. The van der Waals surface area contributed by atoms with Gasteiger partial charge in [0.2, 0.25) is 0 Å². The molecule has 0 heterocycles. The molecule has 0 saturated heterocycles. The first-order valence-electron chi connectivity index (χ1n) is 6.76. The molecular formula is C17H16ClNO3. The van der Waals surface area contributed by atoms with Crippen LogP contribution in [0.2, 0.25) is 5.02 Å². The molecule has 0 aliphatic carbocycles. The van der Waals surface area contributed by atoms with Crippen LogP contribution in [-0.4, -0.2) is 18.5 Å². The monoisotopic (exact) mass is 317 g/mol. The van der Waals surface area contributed by atoms with E-state index in [1.165, 1.54) is 0 Å². The van der Waals surface area contributed by atoms with Gasteiger partial charge in [0.1, 0.15) is 0 Å². The van der Waals surface area contributed by atoms with Gasteiger partial charge in [-0.2, -0.15) is 0 Å². The van der Waals surface area contributed by atoms with Crippen LogP contribution in [-0.2, 0) is 9.53 Å². The third-order valence-electron chi connectivity index (χ3n) is 3.08. The first-order valence-corrected chi connectivity index (χ1v) is 7.14. The van der Waals surface area contributed by atoms with Crippen LogP contribution < -0.4 is 5.32 Å². The third kappa shape index (κ3) is 4.09. The molecular weight excluding hydrogens is 302 g/mol. The Morgan fingerprint density at radius 1 is 1.14 bits per heavy atom. The van der Waals surface area contributed by atoms with Gasteiger partial charge in [-0.3, -0.25) is 4.79 Å². The minimum Gasteiger partial charge on any atom is -0.452 e. The van der Waals surface area contributed by atoms with Crippen molar-refractivity contribution >= 4 is 29.2 Å². The van der Waals surface area contributed by atoms with Crippen LogP contribution in [0, 0.1) is 13.8 Å². The maximum absolute atomic E-state index is 11.8. The summed E-state index contributed by atoms with van der Waals surface area (Å²) in [6.45, 7) is 3.51. The minimum atomic E-state index is -0.624. The van der Waals surface area contributed by atoms with E-state index in [1.54, 1.807) is 24.3 Å². The summed E-state index contributed by atoms with van der Waals surface area (Å²) in [5.74, 6) is -1.02. The third-order valence-corrected chi connectivity index (χ3v) is 3.41.